The molecule has 0 saturated carbocycles. The first-order valence-corrected chi connectivity index (χ1v) is 7.53. The Morgan fingerprint density at radius 1 is 1.16 bits per heavy atom. The van der Waals surface area contributed by atoms with Crippen LogP contribution in [0.3, 0.4) is 0 Å². The van der Waals surface area contributed by atoms with Gasteiger partial charge in [0, 0.05) is 12.7 Å². The molecule has 0 aromatic heterocycles. The van der Waals surface area contributed by atoms with Gasteiger partial charge in [0.15, 0.2) is 0 Å². The predicted octanol–water partition coefficient (Wildman–Crippen LogP) is 4.22. The molecule has 1 N–H and O–H groups in total. The fourth-order valence-electron chi connectivity index (χ4n) is 2.29. The summed E-state index contributed by atoms with van der Waals surface area (Å²) in [7, 11) is 1.57. The lowest BCUT2D eigenvalue weighted by atomic mass is 10.1. The van der Waals surface area contributed by atoms with Crippen LogP contribution in [0.25, 0.3) is 0 Å². The van der Waals surface area contributed by atoms with E-state index in [1.165, 1.54) is 24.3 Å². The fraction of sp³-hybridized carbons (Fsp3) is 0.278. The molecule has 1 amide bonds. The molecule has 0 radical (unpaired) electrons. The van der Waals surface area contributed by atoms with Crippen molar-refractivity contribution >= 4 is 5.91 Å². The van der Waals surface area contributed by atoms with E-state index in [1.807, 2.05) is 6.07 Å². The number of halogens is 3. The van der Waals surface area contributed by atoms with Gasteiger partial charge in [-0.2, -0.15) is 0 Å². The van der Waals surface area contributed by atoms with E-state index >= 15 is 0 Å². The van der Waals surface area contributed by atoms with Gasteiger partial charge in [-0.25, -0.2) is 0 Å². The third-order valence-corrected chi connectivity index (χ3v) is 3.46. The highest BCUT2D eigenvalue weighted by molar-refractivity contribution is 5.94. The van der Waals surface area contributed by atoms with E-state index in [0.29, 0.717) is 17.7 Å². The highest BCUT2D eigenvalue weighted by Gasteiger charge is 2.31. The van der Waals surface area contributed by atoms with Crippen LogP contribution in [0.2, 0.25) is 0 Å². The third kappa shape index (κ3) is 5.79. The van der Waals surface area contributed by atoms with Crippen molar-refractivity contribution in [2.45, 2.75) is 25.9 Å². The number of ether oxygens (including phenoxy) is 2. The molecule has 1 atom stereocenters. The van der Waals surface area contributed by atoms with E-state index in [2.05, 4.69) is 10.1 Å². The van der Waals surface area contributed by atoms with E-state index in [9.17, 15) is 18.0 Å². The number of hydrogen-bond acceptors (Lipinski definition) is 3. The number of benzene rings is 2. The molecule has 0 spiro atoms. The van der Waals surface area contributed by atoms with Gasteiger partial charge in [0.05, 0.1) is 12.6 Å². The summed E-state index contributed by atoms with van der Waals surface area (Å²) in [5.41, 5.74) is 2.02. The van der Waals surface area contributed by atoms with Crippen LogP contribution in [-0.4, -0.2) is 19.4 Å². The molecule has 2 aromatic rings. The summed E-state index contributed by atoms with van der Waals surface area (Å²) >= 11 is 0. The van der Waals surface area contributed by atoms with E-state index in [4.69, 9.17) is 4.74 Å². The highest BCUT2D eigenvalue weighted by atomic mass is 19.4. The Kier molecular flexibility index (Phi) is 6.03. The molecule has 0 saturated heterocycles. The predicted molar refractivity (Wildman–Crippen MR) is 86.2 cm³/mol. The van der Waals surface area contributed by atoms with Crippen molar-refractivity contribution in [3.05, 3.63) is 65.2 Å². The Balaban J connectivity index is 2.02. The van der Waals surface area contributed by atoms with Crippen LogP contribution in [0, 0.1) is 0 Å². The van der Waals surface area contributed by atoms with Gasteiger partial charge in [-0.15, -0.1) is 13.2 Å². The summed E-state index contributed by atoms with van der Waals surface area (Å²) in [6, 6.07) is 12.0. The number of rotatable bonds is 6. The van der Waals surface area contributed by atoms with Crippen molar-refractivity contribution in [2.75, 3.05) is 7.11 Å². The van der Waals surface area contributed by atoms with Crippen LogP contribution in [0.1, 0.15) is 34.5 Å². The minimum atomic E-state index is -4.73. The molecule has 0 aliphatic rings. The molecule has 0 unspecified atom stereocenters. The van der Waals surface area contributed by atoms with Crippen LogP contribution < -0.4 is 10.1 Å². The Hall–Kier alpha value is -2.54. The second kappa shape index (κ2) is 8.02. The van der Waals surface area contributed by atoms with Crippen molar-refractivity contribution in [3.63, 3.8) is 0 Å². The summed E-state index contributed by atoms with van der Waals surface area (Å²) in [6.45, 7) is 2.15. The zero-order chi connectivity index (χ0) is 18.4. The Morgan fingerprint density at radius 3 is 2.44 bits per heavy atom. The molecule has 2 rings (SSSR count). The topological polar surface area (TPSA) is 47.6 Å². The SMILES string of the molecule is COCc1cccc(C(=O)N[C@@H](C)c2ccc(OC(F)(F)F)cc2)c1. The molecular weight excluding hydrogens is 335 g/mol. The molecule has 134 valence electrons. The number of nitrogens with one attached hydrogen (secondary N) is 1. The minimum absolute atomic E-state index is 0.277. The molecule has 2 aromatic carbocycles. The number of methoxy groups -OCH3 is 1. The molecule has 0 fully saturated rings. The smallest absolute Gasteiger partial charge is 0.406 e. The lowest BCUT2D eigenvalue weighted by Crippen LogP contribution is -2.26. The van der Waals surface area contributed by atoms with Gasteiger partial charge < -0.3 is 14.8 Å². The molecule has 0 aliphatic carbocycles. The Bertz CT molecular complexity index is 714. The lowest BCUT2D eigenvalue weighted by molar-refractivity contribution is -0.274. The Morgan fingerprint density at radius 2 is 1.84 bits per heavy atom. The molecule has 0 bridgehead atoms. The molecule has 0 aliphatic heterocycles. The maximum Gasteiger partial charge on any atom is 0.573 e. The third-order valence-electron chi connectivity index (χ3n) is 3.46. The summed E-state index contributed by atoms with van der Waals surface area (Å²) in [5.74, 6) is -0.580. The summed E-state index contributed by atoms with van der Waals surface area (Å²) < 4.78 is 45.3. The monoisotopic (exact) mass is 353 g/mol. The van der Waals surface area contributed by atoms with Crippen LogP contribution in [0.15, 0.2) is 48.5 Å². The average molecular weight is 353 g/mol. The zero-order valence-electron chi connectivity index (χ0n) is 13.8. The van der Waals surface area contributed by atoms with Crippen LogP contribution in [-0.2, 0) is 11.3 Å². The first-order chi connectivity index (χ1) is 11.8. The summed E-state index contributed by atoms with van der Waals surface area (Å²) in [4.78, 5) is 12.3. The number of carbonyl (C=O) groups excluding carboxylic acids is 1. The van der Waals surface area contributed by atoms with Gasteiger partial charge in [0.25, 0.3) is 5.91 Å². The van der Waals surface area contributed by atoms with Crippen molar-refractivity contribution in [3.8, 4) is 5.75 Å². The van der Waals surface area contributed by atoms with E-state index < -0.39 is 6.36 Å². The second-order valence-corrected chi connectivity index (χ2v) is 5.45. The van der Waals surface area contributed by atoms with Crippen molar-refractivity contribution in [1.82, 2.24) is 5.32 Å². The molecule has 4 nitrogen and oxygen atoms in total. The minimum Gasteiger partial charge on any atom is -0.406 e. The maximum atomic E-state index is 12.3. The quantitative estimate of drug-likeness (QED) is 0.846. The molecular formula is C18H18F3NO3. The van der Waals surface area contributed by atoms with Gasteiger partial charge in [-0.3, -0.25) is 4.79 Å². The largest absolute Gasteiger partial charge is 0.573 e. The van der Waals surface area contributed by atoms with Gasteiger partial charge in [-0.05, 0) is 42.3 Å². The normalized spacial score (nSPS) is 12.5. The number of amides is 1. The van der Waals surface area contributed by atoms with Crippen LogP contribution >= 0.6 is 0 Å². The number of alkyl halides is 3. The first-order valence-electron chi connectivity index (χ1n) is 7.53. The van der Waals surface area contributed by atoms with Gasteiger partial charge in [0.2, 0.25) is 0 Å². The standard InChI is InChI=1S/C18H18F3NO3/c1-12(14-6-8-16(9-7-14)25-18(19,20)21)22-17(23)15-5-3-4-13(10-15)11-24-2/h3-10,12H,11H2,1-2H3,(H,22,23)/t12-/m0/s1. The molecule has 7 heteroatoms. The molecule has 0 heterocycles. The second-order valence-electron chi connectivity index (χ2n) is 5.45. The van der Waals surface area contributed by atoms with Gasteiger partial charge >= 0.3 is 6.36 Å². The number of carbonyl (C=O) groups is 1. The van der Waals surface area contributed by atoms with E-state index in [0.717, 1.165) is 5.56 Å². The van der Waals surface area contributed by atoms with Crippen LogP contribution in [0.4, 0.5) is 13.2 Å². The van der Waals surface area contributed by atoms with Crippen molar-refractivity contribution < 1.29 is 27.4 Å². The average Bonchev–Trinajstić information content (AvgIpc) is 2.54. The number of hydrogen-bond donors (Lipinski definition) is 1. The lowest BCUT2D eigenvalue weighted by Gasteiger charge is -2.16. The fourth-order valence-corrected chi connectivity index (χ4v) is 2.29. The van der Waals surface area contributed by atoms with Crippen molar-refractivity contribution in [2.24, 2.45) is 0 Å². The van der Waals surface area contributed by atoms with E-state index in [-0.39, 0.29) is 17.7 Å². The summed E-state index contributed by atoms with van der Waals surface area (Å²) in [5, 5.41) is 2.81. The van der Waals surface area contributed by atoms with Crippen molar-refractivity contribution in [1.29, 1.82) is 0 Å². The molecule has 25 heavy (non-hydrogen) atoms. The van der Waals surface area contributed by atoms with Gasteiger partial charge in [-0.1, -0.05) is 24.3 Å². The zero-order valence-corrected chi connectivity index (χ0v) is 13.8. The van der Waals surface area contributed by atoms with E-state index in [1.54, 1.807) is 32.2 Å². The van der Waals surface area contributed by atoms with Crippen LogP contribution in [0.5, 0.6) is 5.75 Å². The highest BCUT2D eigenvalue weighted by Crippen LogP contribution is 2.24. The maximum absolute atomic E-state index is 12.3. The Labute approximate surface area is 143 Å². The summed E-state index contributed by atoms with van der Waals surface area (Å²) in [6.07, 6.45) is -4.73. The van der Waals surface area contributed by atoms with Gasteiger partial charge in [0.1, 0.15) is 5.75 Å². The first kappa shape index (κ1) is 18.8.